The molecule has 0 aromatic carbocycles. The second-order valence-corrected chi connectivity index (χ2v) is 6.70. The number of halogens is 1. The van der Waals surface area contributed by atoms with Gasteiger partial charge < -0.3 is 10.4 Å². The second-order valence-electron chi connectivity index (χ2n) is 6.29. The minimum Gasteiger partial charge on any atom is -0.373 e. The van der Waals surface area contributed by atoms with Crippen molar-refractivity contribution >= 4 is 23.1 Å². The number of aromatic nitrogens is 3. The fourth-order valence-corrected chi connectivity index (χ4v) is 4.06. The second kappa shape index (κ2) is 5.84. The highest BCUT2D eigenvalue weighted by molar-refractivity contribution is 6.31. The van der Waals surface area contributed by atoms with Crippen LogP contribution in [0.4, 0.5) is 11.5 Å². The Labute approximate surface area is 143 Å². The SMILES string of the molecule is O=c1c(Nc2ccncn2)cc(Cl)c2n1C1(CCCCC1)NC2O. The Morgan fingerprint density at radius 1 is 1.38 bits per heavy atom. The summed E-state index contributed by atoms with van der Waals surface area (Å²) in [4.78, 5) is 21.0. The minimum absolute atomic E-state index is 0.209. The van der Waals surface area contributed by atoms with E-state index in [0.29, 0.717) is 22.2 Å². The van der Waals surface area contributed by atoms with Gasteiger partial charge in [0.25, 0.3) is 5.56 Å². The lowest BCUT2D eigenvalue weighted by atomic mass is 9.89. The van der Waals surface area contributed by atoms with Crippen molar-refractivity contribution in [1.82, 2.24) is 19.9 Å². The summed E-state index contributed by atoms with van der Waals surface area (Å²) < 4.78 is 1.64. The van der Waals surface area contributed by atoms with Crippen molar-refractivity contribution in [3.05, 3.63) is 45.7 Å². The monoisotopic (exact) mass is 347 g/mol. The molecule has 0 radical (unpaired) electrons. The molecular weight excluding hydrogens is 330 g/mol. The van der Waals surface area contributed by atoms with Gasteiger partial charge in [-0.3, -0.25) is 14.7 Å². The summed E-state index contributed by atoms with van der Waals surface area (Å²) in [6.45, 7) is 0. The molecule has 1 atom stereocenters. The zero-order valence-electron chi connectivity index (χ0n) is 13.0. The topological polar surface area (TPSA) is 92.1 Å². The van der Waals surface area contributed by atoms with Crippen molar-refractivity contribution in [2.45, 2.75) is 44.0 Å². The molecule has 1 fully saturated rings. The molecule has 3 heterocycles. The zero-order valence-corrected chi connectivity index (χ0v) is 13.8. The number of hydrogen-bond acceptors (Lipinski definition) is 6. The van der Waals surface area contributed by atoms with Gasteiger partial charge in [-0.05, 0) is 37.8 Å². The molecule has 126 valence electrons. The van der Waals surface area contributed by atoms with E-state index in [0.717, 1.165) is 32.1 Å². The van der Waals surface area contributed by atoms with Gasteiger partial charge in [0.2, 0.25) is 0 Å². The molecule has 1 unspecified atom stereocenters. The molecule has 1 saturated carbocycles. The van der Waals surface area contributed by atoms with Crippen LogP contribution in [0.15, 0.2) is 29.5 Å². The van der Waals surface area contributed by atoms with Crippen molar-refractivity contribution in [3.63, 3.8) is 0 Å². The minimum atomic E-state index is -0.934. The molecule has 0 bridgehead atoms. The average molecular weight is 348 g/mol. The molecule has 2 aromatic heterocycles. The standard InChI is InChI=1S/C16H18ClN5O2/c17-10-8-11(20-12-4-7-18-9-19-12)15(24)22-13(10)14(23)21-16(22)5-2-1-3-6-16/h4,7-9,14,21,23H,1-3,5-6H2,(H,18,19,20). The quantitative estimate of drug-likeness (QED) is 0.771. The van der Waals surface area contributed by atoms with E-state index in [-0.39, 0.29) is 5.56 Å². The van der Waals surface area contributed by atoms with Gasteiger partial charge in [-0.2, -0.15) is 0 Å². The third-order valence-electron chi connectivity index (χ3n) is 4.81. The number of fused-ring (bicyclic) bond motifs is 2. The van der Waals surface area contributed by atoms with Gasteiger partial charge in [-0.1, -0.05) is 18.0 Å². The van der Waals surface area contributed by atoms with Crippen molar-refractivity contribution in [3.8, 4) is 0 Å². The molecule has 8 heteroatoms. The van der Waals surface area contributed by atoms with Crippen LogP contribution < -0.4 is 16.2 Å². The van der Waals surface area contributed by atoms with Crippen LogP contribution in [-0.4, -0.2) is 19.6 Å². The van der Waals surface area contributed by atoms with E-state index in [4.69, 9.17) is 11.6 Å². The van der Waals surface area contributed by atoms with Gasteiger partial charge in [0.1, 0.15) is 29.7 Å². The largest absolute Gasteiger partial charge is 0.373 e. The molecule has 2 aliphatic rings. The van der Waals surface area contributed by atoms with Gasteiger partial charge in [0, 0.05) is 6.20 Å². The van der Waals surface area contributed by atoms with Crippen LogP contribution in [0.2, 0.25) is 5.02 Å². The smallest absolute Gasteiger partial charge is 0.276 e. The summed E-state index contributed by atoms with van der Waals surface area (Å²) in [5.74, 6) is 0.517. The first-order valence-electron chi connectivity index (χ1n) is 8.05. The van der Waals surface area contributed by atoms with Gasteiger partial charge in [0.05, 0.1) is 10.7 Å². The number of anilines is 2. The van der Waals surface area contributed by atoms with Gasteiger partial charge in [0.15, 0.2) is 0 Å². The Kier molecular flexibility index (Phi) is 3.79. The van der Waals surface area contributed by atoms with Crippen molar-refractivity contribution in [2.75, 3.05) is 5.32 Å². The molecule has 24 heavy (non-hydrogen) atoms. The maximum absolute atomic E-state index is 13.1. The van der Waals surface area contributed by atoms with Crippen LogP contribution in [0.5, 0.6) is 0 Å². The predicted molar refractivity (Wildman–Crippen MR) is 90.2 cm³/mol. The number of pyridine rings is 1. The maximum atomic E-state index is 13.1. The van der Waals surface area contributed by atoms with Gasteiger partial charge in [-0.25, -0.2) is 9.97 Å². The Bertz CT molecular complexity index is 817. The van der Waals surface area contributed by atoms with E-state index in [9.17, 15) is 9.90 Å². The summed E-state index contributed by atoms with van der Waals surface area (Å²) in [5, 5.41) is 16.9. The lowest BCUT2D eigenvalue weighted by molar-refractivity contribution is 0.0787. The Hall–Kier alpha value is -1.96. The fraction of sp³-hybridized carbons (Fsp3) is 0.438. The zero-order chi connectivity index (χ0) is 16.7. The van der Waals surface area contributed by atoms with Crippen LogP contribution in [0, 0.1) is 0 Å². The van der Waals surface area contributed by atoms with E-state index < -0.39 is 11.9 Å². The summed E-state index contributed by atoms with van der Waals surface area (Å²) in [5.41, 5.74) is 0.0101. The Morgan fingerprint density at radius 3 is 2.88 bits per heavy atom. The van der Waals surface area contributed by atoms with E-state index in [1.807, 2.05) is 0 Å². The highest BCUT2D eigenvalue weighted by Gasteiger charge is 2.45. The van der Waals surface area contributed by atoms with Gasteiger partial charge in [-0.15, -0.1) is 0 Å². The Balaban J connectivity index is 1.84. The molecule has 2 aromatic rings. The number of nitrogens with one attached hydrogen (secondary N) is 2. The fourth-order valence-electron chi connectivity index (χ4n) is 3.76. The lowest BCUT2D eigenvalue weighted by Crippen LogP contribution is -2.48. The first kappa shape index (κ1) is 15.6. The summed E-state index contributed by atoms with van der Waals surface area (Å²) >= 11 is 6.38. The molecule has 0 amide bonds. The Morgan fingerprint density at radius 2 is 2.17 bits per heavy atom. The molecule has 3 N–H and O–H groups in total. The third-order valence-corrected chi connectivity index (χ3v) is 5.11. The highest BCUT2D eigenvalue weighted by atomic mass is 35.5. The molecule has 4 rings (SSSR count). The van der Waals surface area contributed by atoms with Crippen molar-refractivity contribution in [2.24, 2.45) is 0 Å². The number of aliphatic hydroxyl groups is 1. The summed E-state index contributed by atoms with van der Waals surface area (Å²) in [6.07, 6.45) is 6.81. The van der Waals surface area contributed by atoms with E-state index in [1.165, 1.54) is 6.33 Å². The molecular formula is C16H18ClN5O2. The number of rotatable bonds is 2. The third kappa shape index (κ3) is 2.40. The predicted octanol–water partition coefficient (Wildman–Crippen LogP) is 2.25. The maximum Gasteiger partial charge on any atom is 0.276 e. The first-order valence-corrected chi connectivity index (χ1v) is 8.43. The average Bonchev–Trinajstić information content (AvgIpc) is 2.86. The first-order chi connectivity index (χ1) is 11.6. The van der Waals surface area contributed by atoms with Crippen LogP contribution in [-0.2, 0) is 5.66 Å². The molecule has 1 spiro atoms. The van der Waals surface area contributed by atoms with Crippen LogP contribution in [0.3, 0.4) is 0 Å². The lowest BCUT2D eigenvalue weighted by Gasteiger charge is -2.35. The molecule has 1 aliphatic carbocycles. The normalized spacial score (nSPS) is 21.7. The van der Waals surface area contributed by atoms with Crippen molar-refractivity contribution in [1.29, 1.82) is 0 Å². The summed E-state index contributed by atoms with van der Waals surface area (Å²) in [6, 6.07) is 3.22. The number of aliphatic hydroxyl groups excluding tert-OH is 1. The van der Waals surface area contributed by atoms with Crippen LogP contribution in [0.1, 0.15) is 44.0 Å². The van der Waals surface area contributed by atoms with E-state index in [2.05, 4.69) is 20.6 Å². The van der Waals surface area contributed by atoms with Gasteiger partial charge >= 0.3 is 0 Å². The molecule has 7 nitrogen and oxygen atoms in total. The van der Waals surface area contributed by atoms with E-state index in [1.54, 1.807) is 22.9 Å². The van der Waals surface area contributed by atoms with E-state index >= 15 is 0 Å². The number of hydrogen-bond donors (Lipinski definition) is 3. The molecule has 1 aliphatic heterocycles. The van der Waals surface area contributed by atoms with Crippen LogP contribution >= 0.6 is 11.6 Å². The van der Waals surface area contributed by atoms with Crippen molar-refractivity contribution < 1.29 is 5.11 Å². The molecule has 0 saturated heterocycles. The highest BCUT2D eigenvalue weighted by Crippen LogP contribution is 2.42. The number of nitrogens with zero attached hydrogens (tertiary/aromatic N) is 3. The van der Waals surface area contributed by atoms with Crippen LogP contribution in [0.25, 0.3) is 0 Å². The summed E-state index contributed by atoms with van der Waals surface area (Å²) in [7, 11) is 0.